The van der Waals surface area contributed by atoms with Gasteiger partial charge in [-0.2, -0.15) is 0 Å². The van der Waals surface area contributed by atoms with Crippen LogP contribution in [-0.2, 0) is 14.3 Å². The third-order valence-electron chi connectivity index (χ3n) is 2.20. The van der Waals surface area contributed by atoms with Gasteiger partial charge in [0.15, 0.2) is 0 Å². The molecule has 0 aromatic rings. The van der Waals surface area contributed by atoms with Crippen LogP contribution >= 0.6 is 12.4 Å². The largest absolute Gasteiger partial charge is 0.382 e. The maximum Gasteiger partial charge on any atom is 0.224 e. The van der Waals surface area contributed by atoms with Crippen LogP contribution in [0.3, 0.4) is 0 Å². The lowest BCUT2D eigenvalue weighted by molar-refractivity contribution is -0.140. The Hall–Kier alpha value is -0.360. The van der Waals surface area contributed by atoms with Crippen LogP contribution < -0.4 is 5.73 Å². The molecule has 0 aliphatic carbocycles. The second-order valence-corrected chi connectivity index (χ2v) is 3.33. The van der Waals surface area contributed by atoms with E-state index in [2.05, 4.69) is 0 Å². The summed E-state index contributed by atoms with van der Waals surface area (Å²) < 4.78 is 10.4. The van der Waals surface area contributed by atoms with Crippen LogP contribution in [0.15, 0.2) is 0 Å². The van der Waals surface area contributed by atoms with Crippen molar-refractivity contribution in [3.05, 3.63) is 0 Å². The normalized spacial score (nSPS) is 20.9. The maximum atomic E-state index is 11.5. The molecule has 1 aliphatic rings. The first kappa shape index (κ1) is 14.6. The molecule has 1 unspecified atom stereocenters. The van der Waals surface area contributed by atoms with Crippen LogP contribution in [0.25, 0.3) is 0 Å². The summed E-state index contributed by atoms with van der Waals surface area (Å²) in [6.07, 6.45) is 0.426. The van der Waals surface area contributed by atoms with E-state index in [0.717, 1.165) is 0 Å². The van der Waals surface area contributed by atoms with Gasteiger partial charge in [-0.25, -0.2) is 0 Å². The topological polar surface area (TPSA) is 64.8 Å². The molecule has 0 aromatic carbocycles. The zero-order valence-corrected chi connectivity index (χ0v) is 9.79. The molecule has 1 atom stereocenters. The molecule has 90 valence electrons. The lowest BCUT2D eigenvalue weighted by Gasteiger charge is -2.32. The smallest absolute Gasteiger partial charge is 0.224 e. The Labute approximate surface area is 96.3 Å². The summed E-state index contributed by atoms with van der Waals surface area (Å²) in [5, 5.41) is 0. The number of halogens is 1. The van der Waals surface area contributed by atoms with Crippen molar-refractivity contribution < 1.29 is 14.3 Å². The van der Waals surface area contributed by atoms with E-state index in [1.54, 1.807) is 12.0 Å². The number of nitrogens with zero attached hydrogens (tertiary/aromatic N) is 1. The summed E-state index contributed by atoms with van der Waals surface area (Å²) >= 11 is 0. The quantitative estimate of drug-likeness (QED) is 0.726. The first-order valence-electron chi connectivity index (χ1n) is 4.86. The van der Waals surface area contributed by atoms with E-state index in [1.165, 1.54) is 0 Å². The fourth-order valence-corrected chi connectivity index (χ4v) is 1.51. The van der Waals surface area contributed by atoms with Crippen molar-refractivity contribution in [1.82, 2.24) is 4.90 Å². The highest BCUT2D eigenvalue weighted by atomic mass is 35.5. The first-order chi connectivity index (χ1) is 6.77. The third-order valence-corrected chi connectivity index (χ3v) is 2.20. The van der Waals surface area contributed by atoms with Crippen LogP contribution in [-0.4, -0.2) is 56.9 Å². The predicted molar refractivity (Wildman–Crippen MR) is 59.1 cm³/mol. The highest BCUT2D eigenvalue weighted by molar-refractivity contribution is 5.85. The zero-order chi connectivity index (χ0) is 10.4. The van der Waals surface area contributed by atoms with Crippen molar-refractivity contribution in [3.8, 4) is 0 Å². The minimum Gasteiger partial charge on any atom is -0.382 e. The molecule has 0 radical (unpaired) electrons. The van der Waals surface area contributed by atoms with E-state index >= 15 is 0 Å². The molecule has 0 bridgehead atoms. The Kier molecular flexibility index (Phi) is 7.68. The number of hydrogen-bond donors (Lipinski definition) is 1. The van der Waals surface area contributed by atoms with Gasteiger partial charge in [0.05, 0.1) is 19.3 Å². The average Bonchev–Trinajstić information content (AvgIpc) is 2.19. The van der Waals surface area contributed by atoms with Crippen molar-refractivity contribution >= 4 is 18.3 Å². The standard InChI is InChI=1S/C9H18N2O3.ClH/c1-13-7-8-6-11(4-5-14-8)9(12)2-3-10;/h8H,2-7,10H2,1H3;1H. The Morgan fingerprint density at radius 1 is 1.67 bits per heavy atom. The number of amides is 1. The molecule has 6 heteroatoms. The fraction of sp³-hybridized carbons (Fsp3) is 0.889. The molecule has 2 N–H and O–H groups in total. The molecule has 0 spiro atoms. The van der Waals surface area contributed by atoms with Gasteiger partial charge in [-0.05, 0) is 0 Å². The lowest BCUT2D eigenvalue weighted by atomic mass is 10.2. The molecular weight excluding hydrogens is 220 g/mol. The number of methoxy groups -OCH3 is 1. The number of hydrogen-bond acceptors (Lipinski definition) is 4. The average molecular weight is 239 g/mol. The Morgan fingerprint density at radius 3 is 3.00 bits per heavy atom. The molecule has 5 nitrogen and oxygen atoms in total. The van der Waals surface area contributed by atoms with Crippen molar-refractivity contribution in [1.29, 1.82) is 0 Å². The van der Waals surface area contributed by atoms with E-state index in [4.69, 9.17) is 15.2 Å². The SMILES string of the molecule is COCC1CN(C(=O)CCN)CCO1.Cl. The van der Waals surface area contributed by atoms with E-state index in [9.17, 15) is 4.79 Å². The highest BCUT2D eigenvalue weighted by Gasteiger charge is 2.23. The molecule has 1 aliphatic heterocycles. The first-order valence-corrected chi connectivity index (χ1v) is 4.86. The second kappa shape index (κ2) is 7.87. The number of ether oxygens (including phenoxy) is 2. The molecular formula is C9H19ClN2O3. The molecule has 1 saturated heterocycles. The van der Waals surface area contributed by atoms with E-state index in [0.29, 0.717) is 39.3 Å². The number of carbonyl (C=O) groups is 1. The third kappa shape index (κ3) is 4.79. The molecule has 1 fully saturated rings. The van der Waals surface area contributed by atoms with Crippen LogP contribution in [0.1, 0.15) is 6.42 Å². The van der Waals surface area contributed by atoms with Gasteiger partial charge >= 0.3 is 0 Å². The molecule has 0 aromatic heterocycles. The van der Waals surface area contributed by atoms with Gasteiger partial charge in [-0.3, -0.25) is 4.79 Å². The number of rotatable bonds is 4. The highest BCUT2D eigenvalue weighted by Crippen LogP contribution is 2.06. The number of nitrogens with two attached hydrogens (primary N) is 1. The van der Waals surface area contributed by atoms with Gasteiger partial charge in [-0.15, -0.1) is 12.4 Å². The minimum atomic E-state index is 0. The van der Waals surface area contributed by atoms with Crippen LogP contribution in [0, 0.1) is 0 Å². The monoisotopic (exact) mass is 238 g/mol. The molecule has 0 saturated carbocycles. The van der Waals surface area contributed by atoms with Crippen molar-refractivity contribution in [2.75, 3.05) is 40.0 Å². The van der Waals surface area contributed by atoms with E-state index in [1.807, 2.05) is 0 Å². The Bertz CT molecular complexity index is 190. The molecule has 15 heavy (non-hydrogen) atoms. The molecule has 1 rings (SSSR count). The van der Waals surface area contributed by atoms with Gasteiger partial charge in [0.2, 0.25) is 5.91 Å². The Morgan fingerprint density at radius 2 is 2.40 bits per heavy atom. The van der Waals surface area contributed by atoms with Gasteiger partial charge in [0.25, 0.3) is 0 Å². The summed E-state index contributed by atoms with van der Waals surface area (Å²) in [7, 11) is 1.63. The number of carbonyl (C=O) groups excluding carboxylic acids is 1. The molecule has 1 amide bonds. The number of morpholine rings is 1. The molecule has 1 heterocycles. The summed E-state index contributed by atoms with van der Waals surface area (Å²) in [6, 6.07) is 0. The lowest BCUT2D eigenvalue weighted by Crippen LogP contribution is -2.47. The summed E-state index contributed by atoms with van der Waals surface area (Å²) in [5.41, 5.74) is 5.33. The zero-order valence-electron chi connectivity index (χ0n) is 8.98. The van der Waals surface area contributed by atoms with Crippen LogP contribution in [0.5, 0.6) is 0 Å². The van der Waals surface area contributed by atoms with E-state index < -0.39 is 0 Å². The van der Waals surface area contributed by atoms with Crippen LogP contribution in [0.4, 0.5) is 0 Å². The Balaban J connectivity index is 0.00000196. The van der Waals surface area contributed by atoms with Gasteiger partial charge < -0.3 is 20.1 Å². The fourth-order valence-electron chi connectivity index (χ4n) is 1.51. The predicted octanol–water partition coefficient (Wildman–Crippen LogP) is -0.369. The van der Waals surface area contributed by atoms with Crippen molar-refractivity contribution in [2.24, 2.45) is 5.73 Å². The maximum absolute atomic E-state index is 11.5. The van der Waals surface area contributed by atoms with Gasteiger partial charge in [-0.1, -0.05) is 0 Å². The van der Waals surface area contributed by atoms with Crippen molar-refractivity contribution in [2.45, 2.75) is 12.5 Å². The van der Waals surface area contributed by atoms with Crippen LogP contribution in [0.2, 0.25) is 0 Å². The van der Waals surface area contributed by atoms with Gasteiger partial charge in [0, 0.05) is 33.2 Å². The summed E-state index contributed by atoms with van der Waals surface area (Å²) in [4.78, 5) is 13.3. The summed E-state index contributed by atoms with van der Waals surface area (Å²) in [6.45, 7) is 2.81. The van der Waals surface area contributed by atoms with E-state index in [-0.39, 0.29) is 24.4 Å². The second-order valence-electron chi connectivity index (χ2n) is 3.33. The summed E-state index contributed by atoms with van der Waals surface area (Å²) in [5.74, 6) is 0.108. The van der Waals surface area contributed by atoms with Crippen molar-refractivity contribution in [3.63, 3.8) is 0 Å². The minimum absolute atomic E-state index is 0. The van der Waals surface area contributed by atoms with Gasteiger partial charge in [0.1, 0.15) is 0 Å².